The van der Waals surface area contributed by atoms with Gasteiger partial charge in [0.25, 0.3) is 0 Å². The SMILES string of the molecule is CC(C)[C@@H]1C[C@]2(C)C[C@]3(C)C[C@H]1[C@@H]2C[C@@H]3C#N. The first-order valence-corrected chi connectivity index (χ1v) is 7.29. The maximum absolute atomic E-state index is 9.38. The lowest BCUT2D eigenvalue weighted by Gasteiger charge is -2.57. The molecule has 4 fully saturated rings. The second-order valence-electron chi connectivity index (χ2n) is 7.99. The van der Waals surface area contributed by atoms with Crippen LogP contribution in [0.15, 0.2) is 0 Å². The van der Waals surface area contributed by atoms with Crippen LogP contribution in [-0.4, -0.2) is 0 Å². The van der Waals surface area contributed by atoms with Crippen LogP contribution < -0.4 is 0 Å². The molecule has 4 bridgehead atoms. The van der Waals surface area contributed by atoms with E-state index in [4.69, 9.17) is 0 Å². The third-order valence-corrected chi connectivity index (χ3v) is 6.52. The van der Waals surface area contributed by atoms with Gasteiger partial charge in [0.05, 0.1) is 12.0 Å². The first kappa shape index (κ1) is 11.6. The summed E-state index contributed by atoms with van der Waals surface area (Å²) in [5.41, 5.74) is 0.881. The largest absolute Gasteiger partial charge is 0.198 e. The Morgan fingerprint density at radius 3 is 2.41 bits per heavy atom. The van der Waals surface area contributed by atoms with Gasteiger partial charge >= 0.3 is 0 Å². The predicted octanol–water partition coefficient (Wildman–Crippen LogP) is 4.24. The number of rotatable bonds is 1. The maximum Gasteiger partial charge on any atom is 0.0661 e. The summed E-state index contributed by atoms with van der Waals surface area (Å²) < 4.78 is 0. The van der Waals surface area contributed by atoms with Crippen LogP contribution in [0.2, 0.25) is 0 Å². The van der Waals surface area contributed by atoms with E-state index >= 15 is 0 Å². The summed E-state index contributed by atoms with van der Waals surface area (Å²) >= 11 is 0. The molecule has 1 nitrogen and oxygen atoms in total. The molecule has 0 N–H and O–H groups in total. The fraction of sp³-hybridized carbons (Fsp3) is 0.938. The highest BCUT2D eigenvalue weighted by Crippen LogP contribution is 2.71. The third-order valence-electron chi connectivity index (χ3n) is 6.52. The highest BCUT2D eigenvalue weighted by Gasteiger charge is 2.64. The zero-order chi connectivity index (χ0) is 12.4. The molecular weight excluding hydrogens is 206 g/mol. The number of nitrogens with zero attached hydrogens (tertiary/aromatic N) is 1. The van der Waals surface area contributed by atoms with Gasteiger partial charge in [-0.15, -0.1) is 0 Å². The Labute approximate surface area is 106 Å². The summed E-state index contributed by atoms with van der Waals surface area (Å²) in [7, 11) is 0. The lowest BCUT2D eigenvalue weighted by Crippen LogP contribution is -2.50. The van der Waals surface area contributed by atoms with Crippen molar-refractivity contribution < 1.29 is 0 Å². The molecule has 4 rings (SSSR count). The Morgan fingerprint density at radius 2 is 1.88 bits per heavy atom. The fourth-order valence-electron chi connectivity index (χ4n) is 5.89. The summed E-state index contributed by atoms with van der Waals surface area (Å²) in [5.74, 6) is 3.85. The van der Waals surface area contributed by atoms with Crippen molar-refractivity contribution in [1.82, 2.24) is 0 Å². The first-order valence-electron chi connectivity index (χ1n) is 7.29. The van der Waals surface area contributed by atoms with Crippen molar-refractivity contribution in [3.8, 4) is 6.07 Å². The Balaban J connectivity index is 1.98. The van der Waals surface area contributed by atoms with E-state index in [1.54, 1.807) is 0 Å². The van der Waals surface area contributed by atoms with Crippen LogP contribution in [0.3, 0.4) is 0 Å². The molecule has 94 valence electrons. The van der Waals surface area contributed by atoms with Gasteiger partial charge in [0, 0.05) is 0 Å². The fourth-order valence-corrected chi connectivity index (χ4v) is 5.89. The molecule has 4 aliphatic carbocycles. The molecule has 0 saturated heterocycles. The maximum atomic E-state index is 9.38. The summed E-state index contributed by atoms with van der Waals surface area (Å²) in [6.45, 7) is 9.70. The molecule has 0 aromatic rings. The monoisotopic (exact) mass is 231 g/mol. The minimum Gasteiger partial charge on any atom is -0.198 e. The van der Waals surface area contributed by atoms with E-state index in [0.717, 1.165) is 23.7 Å². The van der Waals surface area contributed by atoms with E-state index in [-0.39, 0.29) is 0 Å². The summed E-state index contributed by atoms with van der Waals surface area (Å²) in [4.78, 5) is 0. The molecule has 0 radical (unpaired) electrons. The van der Waals surface area contributed by atoms with Gasteiger partial charge < -0.3 is 0 Å². The summed E-state index contributed by atoms with van der Waals surface area (Å²) in [6, 6.07) is 2.61. The molecule has 4 aliphatic rings. The minimum absolute atomic E-state index is 0.326. The Bertz CT molecular complexity index is 379. The normalized spacial score (nSPS) is 56.2. The van der Waals surface area contributed by atoms with Crippen LogP contribution in [0.1, 0.15) is 53.4 Å². The van der Waals surface area contributed by atoms with Gasteiger partial charge in [-0.2, -0.15) is 5.26 Å². The van der Waals surface area contributed by atoms with Crippen molar-refractivity contribution in [1.29, 1.82) is 5.26 Å². The van der Waals surface area contributed by atoms with E-state index in [1.807, 2.05) is 0 Å². The van der Waals surface area contributed by atoms with Crippen molar-refractivity contribution in [2.24, 2.45) is 40.4 Å². The standard InChI is InChI=1S/C16H25N/c1-10(2)12-6-16(4)9-15(3)7-13(12)14(16)5-11(15)8-17/h10-14H,5-7,9H2,1-4H3/t11-,12+,13-,14+,15+,16-/m1/s1. The second-order valence-corrected chi connectivity index (χ2v) is 7.99. The molecular formula is C16H25N. The predicted molar refractivity (Wildman–Crippen MR) is 69.1 cm³/mol. The molecule has 1 heteroatoms. The zero-order valence-corrected chi connectivity index (χ0v) is 11.7. The zero-order valence-electron chi connectivity index (χ0n) is 11.7. The van der Waals surface area contributed by atoms with Crippen LogP contribution in [0.4, 0.5) is 0 Å². The van der Waals surface area contributed by atoms with Gasteiger partial charge in [-0.3, -0.25) is 0 Å². The van der Waals surface area contributed by atoms with E-state index < -0.39 is 0 Å². The number of fused-ring (bicyclic) bond motifs is 1. The van der Waals surface area contributed by atoms with Crippen LogP contribution in [0, 0.1) is 51.8 Å². The molecule has 0 spiro atoms. The second kappa shape index (κ2) is 3.28. The van der Waals surface area contributed by atoms with Crippen LogP contribution in [0.5, 0.6) is 0 Å². The third kappa shape index (κ3) is 1.36. The summed E-state index contributed by atoms with van der Waals surface area (Å²) in [6.07, 6.45) is 5.25. The van der Waals surface area contributed by atoms with Gasteiger partial charge in [-0.25, -0.2) is 0 Å². The molecule has 0 aromatic heterocycles. The van der Waals surface area contributed by atoms with E-state index in [0.29, 0.717) is 16.7 Å². The van der Waals surface area contributed by atoms with Crippen molar-refractivity contribution in [3.63, 3.8) is 0 Å². The molecule has 0 heterocycles. The van der Waals surface area contributed by atoms with Gasteiger partial charge in [0.1, 0.15) is 0 Å². The Morgan fingerprint density at radius 1 is 1.18 bits per heavy atom. The molecule has 17 heavy (non-hydrogen) atoms. The average Bonchev–Trinajstić information content (AvgIpc) is 2.43. The topological polar surface area (TPSA) is 23.8 Å². The molecule has 6 atom stereocenters. The summed E-state index contributed by atoms with van der Waals surface area (Å²) in [5, 5.41) is 9.38. The molecule has 4 saturated carbocycles. The van der Waals surface area contributed by atoms with Crippen LogP contribution >= 0.6 is 0 Å². The lowest BCUT2D eigenvalue weighted by molar-refractivity contribution is -0.0722. The Kier molecular flexibility index (Phi) is 2.23. The number of nitriles is 1. The smallest absolute Gasteiger partial charge is 0.0661 e. The van der Waals surface area contributed by atoms with Crippen LogP contribution in [-0.2, 0) is 0 Å². The van der Waals surface area contributed by atoms with Crippen molar-refractivity contribution in [2.45, 2.75) is 53.4 Å². The molecule has 0 aliphatic heterocycles. The van der Waals surface area contributed by atoms with Gasteiger partial charge in [-0.05, 0) is 60.2 Å². The number of hydrogen-bond donors (Lipinski definition) is 0. The number of hydrogen-bond acceptors (Lipinski definition) is 1. The average molecular weight is 231 g/mol. The molecule has 0 aromatic carbocycles. The van der Waals surface area contributed by atoms with Gasteiger partial charge in [-0.1, -0.05) is 27.7 Å². The highest BCUT2D eigenvalue weighted by atomic mass is 14.7. The Hall–Kier alpha value is -0.510. The van der Waals surface area contributed by atoms with Crippen molar-refractivity contribution >= 4 is 0 Å². The quantitative estimate of drug-likeness (QED) is 0.662. The van der Waals surface area contributed by atoms with E-state index in [1.165, 1.54) is 25.7 Å². The van der Waals surface area contributed by atoms with Crippen LogP contribution in [0.25, 0.3) is 0 Å². The van der Waals surface area contributed by atoms with E-state index in [2.05, 4.69) is 33.8 Å². The van der Waals surface area contributed by atoms with Crippen molar-refractivity contribution in [2.75, 3.05) is 0 Å². The molecule has 0 unspecified atom stereocenters. The molecule has 0 amide bonds. The minimum atomic E-state index is 0.326. The highest BCUT2D eigenvalue weighted by molar-refractivity contribution is 5.16. The van der Waals surface area contributed by atoms with Crippen molar-refractivity contribution in [3.05, 3.63) is 0 Å². The van der Waals surface area contributed by atoms with Gasteiger partial charge in [0.2, 0.25) is 0 Å². The van der Waals surface area contributed by atoms with E-state index in [9.17, 15) is 5.26 Å². The lowest BCUT2D eigenvalue weighted by atomic mass is 9.47. The first-order chi connectivity index (χ1) is 7.89. The van der Waals surface area contributed by atoms with Gasteiger partial charge in [0.15, 0.2) is 0 Å².